The molecule has 0 spiro atoms. The van der Waals surface area contributed by atoms with Crippen LogP contribution in [0.2, 0.25) is 0 Å². The summed E-state index contributed by atoms with van der Waals surface area (Å²) in [6.07, 6.45) is 6.33. The summed E-state index contributed by atoms with van der Waals surface area (Å²) in [4.78, 5) is 22.0. The smallest absolute Gasteiger partial charge is 0.171 e. The molecule has 0 saturated carbocycles. The van der Waals surface area contributed by atoms with Crippen molar-refractivity contribution >= 4 is 62.7 Å². The van der Waals surface area contributed by atoms with Crippen LogP contribution >= 0.6 is 0 Å². The first-order valence-electron chi connectivity index (χ1n) is 22.2. The summed E-state index contributed by atoms with van der Waals surface area (Å²) < 4.78 is 2.24. The van der Waals surface area contributed by atoms with Crippen LogP contribution in [0, 0.1) is 62.3 Å². The van der Waals surface area contributed by atoms with Crippen molar-refractivity contribution in [3.63, 3.8) is 0 Å². The van der Waals surface area contributed by atoms with E-state index < -0.39 is 0 Å². The second kappa shape index (κ2) is 19.0. The molecule has 0 aliphatic carbocycles. The Kier molecular flexibility index (Phi) is 14.5. The van der Waals surface area contributed by atoms with Crippen molar-refractivity contribution in [3.8, 4) is 0 Å². The number of nitrogens with one attached hydrogen (secondary N) is 1. The molecule has 0 unspecified atom stereocenters. The molecule has 5 aromatic rings. The van der Waals surface area contributed by atoms with Gasteiger partial charge >= 0.3 is 0 Å². The second-order valence-corrected chi connectivity index (χ2v) is 17.0. The predicted molar refractivity (Wildman–Crippen MR) is 264 cm³/mol. The standard InChI is InChI=1S/2C14H16N2.C11H14N.C11H13N.2C2H6/c1-7-5-11-9(3)14-12(6-8(2)16-14)10(4)13(11)15-7;1-7-5-11-9(3)12-6-8(2)16-14(12)10(4)13(11)15-7;1-8-4-5-9(2)11-7-12(3)6-10(8)11;1-7-4-5-8(2)11-10(7)6-9(3)12-11;2*1-2/h5,15H,6H2,1-4H3;5-6H2,1-4H3;4-6H,7H2,1-3H3;4-5H,6H2,1-3H3;2*1-2H3/q;;+1;;;. The molecule has 0 saturated heterocycles. The molecule has 0 bridgehead atoms. The third kappa shape index (κ3) is 9.08. The average molecular weight is 804 g/mol. The van der Waals surface area contributed by atoms with Crippen molar-refractivity contribution in [2.45, 2.75) is 150 Å². The van der Waals surface area contributed by atoms with Gasteiger partial charge in [0.15, 0.2) is 12.8 Å². The van der Waals surface area contributed by atoms with Crippen LogP contribution in [0.1, 0.15) is 139 Å². The minimum Gasteiger partial charge on any atom is -0.358 e. The maximum Gasteiger partial charge on any atom is 0.171 e. The average Bonchev–Trinajstić information content (AvgIpc) is 4.09. The van der Waals surface area contributed by atoms with Gasteiger partial charge < -0.3 is 4.98 Å². The molecule has 0 amide bonds. The number of fused-ring (bicyclic) bond motifs is 6. The van der Waals surface area contributed by atoms with E-state index in [0.717, 1.165) is 32.2 Å². The number of aromatic amines is 1. The number of aromatic nitrogens is 1. The van der Waals surface area contributed by atoms with E-state index in [2.05, 4.69) is 163 Å². The lowest BCUT2D eigenvalue weighted by Gasteiger charge is -2.12. The Hall–Kier alpha value is -5.23. The molecule has 0 radical (unpaired) electrons. The van der Waals surface area contributed by atoms with Gasteiger partial charge in [0, 0.05) is 76.3 Å². The first kappa shape index (κ1) is 45.8. The zero-order valence-electron chi connectivity index (χ0n) is 40.2. The Bertz CT molecular complexity index is 2510. The molecule has 5 aliphatic heterocycles. The predicted octanol–water partition coefficient (Wildman–Crippen LogP) is 14.2. The van der Waals surface area contributed by atoms with E-state index in [1.54, 1.807) is 0 Å². The fourth-order valence-corrected chi connectivity index (χ4v) is 9.04. The van der Waals surface area contributed by atoms with Crippen LogP contribution < -0.4 is 0 Å². The van der Waals surface area contributed by atoms with Crippen LogP contribution in [-0.2, 0) is 32.2 Å². The van der Waals surface area contributed by atoms with Crippen LogP contribution in [-0.4, -0.2) is 45.7 Å². The first-order chi connectivity index (χ1) is 28.5. The maximum atomic E-state index is 4.67. The number of hydrogen-bond donors (Lipinski definition) is 1. The summed E-state index contributed by atoms with van der Waals surface area (Å²) in [6.45, 7) is 37.0. The van der Waals surface area contributed by atoms with Crippen molar-refractivity contribution in [3.05, 3.63) is 114 Å². The van der Waals surface area contributed by atoms with Crippen LogP contribution in [0.15, 0.2) is 50.3 Å². The van der Waals surface area contributed by atoms with Crippen molar-refractivity contribution in [1.82, 2.24) is 4.98 Å². The summed E-state index contributed by atoms with van der Waals surface area (Å²) in [5.74, 6) is 0. The molecule has 10 rings (SSSR count). The molecule has 4 aromatic carbocycles. The van der Waals surface area contributed by atoms with Crippen molar-refractivity contribution in [2.75, 3.05) is 7.05 Å². The van der Waals surface area contributed by atoms with E-state index in [0.29, 0.717) is 0 Å². The van der Waals surface area contributed by atoms with Crippen LogP contribution in [0.5, 0.6) is 0 Å². The highest BCUT2D eigenvalue weighted by molar-refractivity contribution is 6.01. The summed E-state index contributed by atoms with van der Waals surface area (Å²) in [5.41, 5.74) is 31.7. The van der Waals surface area contributed by atoms with Gasteiger partial charge in [0.05, 0.1) is 28.3 Å². The van der Waals surface area contributed by atoms with Crippen LogP contribution in [0.3, 0.4) is 0 Å². The van der Waals surface area contributed by atoms with E-state index in [1.807, 2.05) is 27.7 Å². The maximum absolute atomic E-state index is 4.67. The summed E-state index contributed by atoms with van der Waals surface area (Å²) in [6, 6.07) is 11.0. The fraction of sp³-hybridized carbons (Fsp3) is 0.426. The number of benzene rings is 4. The lowest BCUT2D eigenvalue weighted by Crippen LogP contribution is -1.98. The number of aryl methyl sites for hydroxylation is 7. The third-order valence-corrected chi connectivity index (χ3v) is 12.2. The minimum absolute atomic E-state index is 1.01. The van der Waals surface area contributed by atoms with E-state index in [4.69, 9.17) is 0 Å². The van der Waals surface area contributed by atoms with Gasteiger partial charge in [0.2, 0.25) is 0 Å². The second-order valence-electron chi connectivity index (χ2n) is 17.0. The van der Waals surface area contributed by atoms with Gasteiger partial charge in [-0.05, 0) is 157 Å². The van der Waals surface area contributed by atoms with Crippen LogP contribution in [0.25, 0.3) is 10.9 Å². The van der Waals surface area contributed by atoms with Gasteiger partial charge in [-0.2, -0.15) is 0 Å². The monoisotopic (exact) mass is 804 g/mol. The molecule has 1 aromatic heterocycles. The minimum atomic E-state index is 1.01. The lowest BCUT2D eigenvalue weighted by molar-refractivity contribution is -0.504. The Labute approximate surface area is 361 Å². The first-order valence-corrected chi connectivity index (χ1v) is 22.2. The molecular weight excluding hydrogens is 733 g/mol. The van der Waals surface area contributed by atoms with Crippen molar-refractivity contribution in [2.24, 2.45) is 20.0 Å². The molecule has 0 atom stereocenters. The Morgan fingerprint density at radius 1 is 0.450 bits per heavy atom. The topological polar surface area (TPSA) is 68.2 Å². The van der Waals surface area contributed by atoms with E-state index in [9.17, 15) is 0 Å². The number of hydrogen-bond acceptors (Lipinski definition) is 4. The number of H-pyrrole nitrogens is 1. The number of rotatable bonds is 0. The highest BCUT2D eigenvalue weighted by Gasteiger charge is 2.26. The molecule has 316 valence electrons. The zero-order valence-corrected chi connectivity index (χ0v) is 40.2. The van der Waals surface area contributed by atoms with Gasteiger partial charge in [-0.1, -0.05) is 52.0 Å². The fourth-order valence-electron chi connectivity index (χ4n) is 9.04. The molecule has 1 N–H and O–H groups in total. The van der Waals surface area contributed by atoms with E-state index in [1.165, 1.54) is 140 Å². The summed E-state index contributed by atoms with van der Waals surface area (Å²) >= 11 is 0. The van der Waals surface area contributed by atoms with Crippen molar-refractivity contribution in [1.29, 1.82) is 0 Å². The van der Waals surface area contributed by atoms with E-state index in [-0.39, 0.29) is 0 Å². The highest BCUT2D eigenvalue weighted by Crippen LogP contribution is 2.44. The van der Waals surface area contributed by atoms with Gasteiger partial charge in [-0.3, -0.25) is 20.0 Å². The Balaban J connectivity index is 0.000000149. The molecule has 60 heavy (non-hydrogen) atoms. The Morgan fingerprint density at radius 3 is 1.37 bits per heavy atom. The normalized spacial score (nSPS) is 14.3. The van der Waals surface area contributed by atoms with Gasteiger partial charge in [0.25, 0.3) is 0 Å². The largest absolute Gasteiger partial charge is 0.358 e. The van der Waals surface area contributed by atoms with E-state index >= 15 is 0 Å². The molecule has 6 nitrogen and oxygen atoms in total. The molecule has 5 aliphatic rings. The lowest BCUT2D eigenvalue weighted by atomic mass is 9.93. The molecule has 0 fully saturated rings. The number of aliphatic imine (C=N–C) groups is 4. The quantitative estimate of drug-likeness (QED) is 0.152. The molecular formula is C54H71N6+. The molecule has 6 heterocycles. The SMILES string of the molecule is CC.CC.CC1=Nc2c(C)c3c(c(C)c2C1)CC(C)=N3.CC1=Nc2c(C)ccc(C)c2C1.CC1=Nc2c(c(C)c3[nH]c(C)cc3c2C)C1.Cc1ccc(C)c2c1C=[N+](C)C2. The van der Waals surface area contributed by atoms with Gasteiger partial charge in [-0.25, -0.2) is 4.58 Å². The van der Waals surface area contributed by atoms with Crippen LogP contribution in [0.4, 0.5) is 22.7 Å². The molecule has 6 heteroatoms. The number of nitrogens with zero attached hydrogens (tertiary/aromatic N) is 5. The summed E-state index contributed by atoms with van der Waals surface area (Å²) in [7, 11) is 2.12. The van der Waals surface area contributed by atoms with Crippen molar-refractivity contribution < 1.29 is 4.58 Å². The van der Waals surface area contributed by atoms with Gasteiger partial charge in [0.1, 0.15) is 7.05 Å². The third-order valence-electron chi connectivity index (χ3n) is 12.2. The summed E-state index contributed by atoms with van der Waals surface area (Å²) in [5, 5.41) is 1.33. The Morgan fingerprint density at radius 2 is 0.867 bits per heavy atom. The highest BCUT2D eigenvalue weighted by atomic mass is 15.0. The zero-order chi connectivity index (χ0) is 44.3. The van der Waals surface area contributed by atoms with Gasteiger partial charge in [-0.15, -0.1) is 0 Å².